The average molecular weight is 383 g/mol. The third-order valence-electron chi connectivity index (χ3n) is 3.88. The minimum Gasteiger partial charge on any atom is -0.287 e. The SMILES string of the molecule is CC(=O)Sc1ccc(-c2ccc(-c3ccc(C#N)c(F)c3)c(F)c2)c(F)c1. The van der Waals surface area contributed by atoms with E-state index in [9.17, 15) is 18.0 Å². The van der Waals surface area contributed by atoms with Crippen molar-refractivity contribution in [2.75, 3.05) is 0 Å². The average Bonchev–Trinajstić information content (AvgIpc) is 2.61. The number of carbonyl (C=O) groups excluding carboxylic acids is 1. The van der Waals surface area contributed by atoms with Gasteiger partial charge in [-0.05, 0) is 41.5 Å². The van der Waals surface area contributed by atoms with Gasteiger partial charge in [-0.15, -0.1) is 0 Å². The maximum Gasteiger partial charge on any atom is 0.190 e. The fraction of sp³-hybridized carbons (Fsp3) is 0.0476. The zero-order valence-corrected chi connectivity index (χ0v) is 14.9. The van der Waals surface area contributed by atoms with Crippen LogP contribution in [0, 0.1) is 28.8 Å². The summed E-state index contributed by atoms with van der Waals surface area (Å²) in [5.74, 6) is -1.95. The molecule has 0 atom stereocenters. The lowest BCUT2D eigenvalue weighted by atomic mass is 9.98. The van der Waals surface area contributed by atoms with Crippen molar-refractivity contribution in [3.05, 3.63) is 77.6 Å². The van der Waals surface area contributed by atoms with Gasteiger partial charge in [-0.2, -0.15) is 5.26 Å². The number of hydrogen-bond donors (Lipinski definition) is 0. The quantitative estimate of drug-likeness (QED) is 0.525. The number of benzene rings is 3. The second-order valence-corrected chi connectivity index (χ2v) is 6.99. The molecule has 0 radical (unpaired) electrons. The van der Waals surface area contributed by atoms with Gasteiger partial charge in [-0.3, -0.25) is 4.79 Å². The first kappa shape index (κ1) is 18.7. The van der Waals surface area contributed by atoms with Crippen molar-refractivity contribution in [2.24, 2.45) is 0 Å². The van der Waals surface area contributed by atoms with E-state index < -0.39 is 17.5 Å². The van der Waals surface area contributed by atoms with Gasteiger partial charge in [0.2, 0.25) is 0 Å². The zero-order valence-electron chi connectivity index (χ0n) is 14.1. The molecule has 3 aromatic carbocycles. The van der Waals surface area contributed by atoms with Gasteiger partial charge < -0.3 is 0 Å². The highest BCUT2D eigenvalue weighted by atomic mass is 32.2. The Hall–Kier alpha value is -3.04. The van der Waals surface area contributed by atoms with Crippen molar-refractivity contribution in [3.63, 3.8) is 0 Å². The smallest absolute Gasteiger partial charge is 0.190 e. The summed E-state index contributed by atoms with van der Waals surface area (Å²) >= 11 is 0.912. The Balaban J connectivity index is 1.97. The van der Waals surface area contributed by atoms with E-state index in [1.807, 2.05) is 0 Å². The molecule has 0 saturated carbocycles. The first-order valence-electron chi connectivity index (χ1n) is 7.87. The molecule has 0 heterocycles. The van der Waals surface area contributed by atoms with Crippen LogP contribution in [0.5, 0.6) is 0 Å². The standard InChI is InChI=1S/C21H12F3NOS/c1-12(26)27-16-5-7-18(21(24)10-16)14-4-6-17(20(23)9-14)13-2-3-15(11-25)19(22)8-13/h2-10H,1H3. The van der Waals surface area contributed by atoms with Crippen LogP contribution in [0.15, 0.2) is 59.5 Å². The first-order chi connectivity index (χ1) is 12.9. The van der Waals surface area contributed by atoms with E-state index in [1.54, 1.807) is 12.1 Å². The van der Waals surface area contributed by atoms with Crippen LogP contribution in [0.4, 0.5) is 13.2 Å². The Labute approximate surface area is 158 Å². The molecular weight excluding hydrogens is 371 g/mol. The molecule has 0 aliphatic heterocycles. The summed E-state index contributed by atoms with van der Waals surface area (Å²) in [6.07, 6.45) is 0. The van der Waals surface area contributed by atoms with Crippen LogP contribution in [0.25, 0.3) is 22.3 Å². The monoisotopic (exact) mass is 383 g/mol. The van der Waals surface area contributed by atoms with Crippen molar-refractivity contribution in [2.45, 2.75) is 11.8 Å². The van der Waals surface area contributed by atoms with Crippen LogP contribution < -0.4 is 0 Å². The van der Waals surface area contributed by atoms with E-state index in [0.717, 1.165) is 17.8 Å². The Bertz CT molecular complexity index is 1090. The normalized spacial score (nSPS) is 10.5. The highest BCUT2D eigenvalue weighted by Gasteiger charge is 2.13. The molecule has 0 N–H and O–H groups in total. The summed E-state index contributed by atoms with van der Waals surface area (Å²) in [5, 5.41) is 8.61. The molecule has 6 heteroatoms. The van der Waals surface area contributed by atoms with E-state index in [4.69, 9.17) is 5.26 Å². The molecule has 3 aromatic rings. The molecular formula is C21H12F3NOS. The molecule has 0 saturated heterocycles. The highest BCUT2D eigenvalue weighted by molar-refractivity contribution is 8.13. The van der Waals surface area contributed by atoms with Crippen molar-refractivity contribution in [3.8, 4) is 28.3 Å². The molecule has 3 rings (SSSR count). The van der Waals surface area contributed by atoms with Crippen LogP contribution in [-0.2, 0) is 4.79 Å². The van der Waals surface area contributed by atoms with E-state index in [0.29, 0.717) is 10.5 Å². The second-order valence-electron chi connectivity index (χ2n) is 5.74. The Morgan fingerprint density at radius 3 is 1.93 bits per heavy atom. The molecule has 0 amide bonds. The molecule has 27 heavy (non-hydrogen) atoms. The Kier molecular flexibility index (Phi) is 5.33. The van der Waals surface area contributed by atoms with E-state index in [-0.39, 0.29) is 27.4 Å². The fourth-order valence-corrected chi connectivity index (χ4v) is 3.28. The number of carbonyl (C=O) groups is 1. The fourth-order valence-electron chi connectivity index (χ4n) is 2.65. The maximum absolute atomic E-state index is 14.6. The van der Waals surface area contributed by atoms with Gasteiger partial charge in [-0.1, -0.05) is 36.0 Å². The van der Waals surface area contributed by atoms with Crippen LogP contribution in [0.1, 0.15) is 12.5 Å². The van der Waals surface area contributed by atoms with Gasteiger partial charge in [0.25, 0.3) is 0 Å². The minimum absolute atomic E-state index is 0.124. The number of nitrogens with zero attached hydrogens (tertiary/aromatic N) is 1. The van der Waals surface area contributed by atoms with E-state index >= 15 is 0 Å². The van der Waals surface area contributed by atoms with Crippen LogP contribution in [0.3, 0.4) is 0 Å². The minimum atomic E-state index is -0.733. The predicted molar refractivity (Wildman–Crippen MR) is 98.4 cm³/mol. The van der Waals surface area contributed by atoms with Gasteiger partial charge >= 0.3 is 0 Å². The summed E-state index contributed by atoms with van der Waals surface area (Å²) in [6.45, 7) is 1.39. The summed E-state index contributed by atoms with van der Waals surface area (Å²) in [7, 11) is 0. The zero-order chi connectivity index (χ0) is 19.6. The van der Waals surface area contributed by atoms with Gasteiger partial charge in [0.15, 0.2) is 5.12 Å². The first-order valence-corrected chi connectivity index (χ1v) is 8.68. The third kappa shape index (κ3) is 4.04. The summed E-state index contributed by atoms with van der Waals surface area (Å²) < 4.78 is 42.7. The predicted octanol–water partition coefficient (Wildman–Crippen LogP) is 5.95. The highest BCUT2D eigenvalue weighted by Crippen LogP contribution is 2.32. The summed E-state index contributed by atoms with van der Waals surface area (Å²) in [4.78, 5) is 11.6. The van der Waals surface area contributed by atoms with E-state index in [1.165, 1.54) is 49.4 Å². The second kappa shape index (κ2) is 7.68. The van der Waals surface area contributed by atoms with Crippen LogP contribution in [-0.4, -0.2) is 5.12 Å². The van der Waals surface area contributed by atoms with Gasteiger partial charge in [0.05, 0.1) is 5.56 Å². The summed E-state index contributed by atoms with van der Waals surface area (Å²) in [5.41, 5.74) is 0.818. The molecule has 0 bridgehead atoms. The van der Waals surface area contributed by atoms with Gasteiger partial charge in [0, 0.05) is 22.9 Å². The van der Waals surface area contributed by atoms with Gasteiger partial charge in [0.1, 0.15) is 23.5 Å². The molecule has 0 spiro atoms. The topological polar surface area (TPSA) is 40.9 Å². The molecule has 134 valence electrons. The van der Waals surface area contributed by atoms with Crippen molar-refractivity contribution in [1.82, 2.24) is 0 Å². The lowest BCUT2D eigenvalue weighted by Crippen LogP contribution is -1.91. The lowest BCUT2D eigenvalue weighted by molar-refractivity contribution is -0.109. The molecule has 0 aliphatic rings. The third-order valence-corrected chi connectivity index (χ3v) is 4.66. The van der Waals surface area contributed by atoms with Crippen LogP contribution >= 0.6 is 11.8 Å². The van der Waals surface area contributed by atoms with Gasteiger partial charge in [-0.25, -0.2) is 13.2 Å². The van der Waals surface area contributed by atoms with Crippen molar-refractivity contribution >= 4 is 16.9 Å². The van der Waals surface area contributed by atoms with Crippen molar-refractivity contribution in [1.29, 1.82) is 5.26 Å². The van der Waals surface area contributed by atoms with E-state index in [2.05, 4.69) is 0 Å². The number of thioether (sulfide) groups is 1. The van der Waals surface area contributed by atoms with Crippen molar-refractivity contribution < 1.29 is 18.0 Å². The van der Waals surface area contributed by atoms with Crippen LogP contribution in [0.2, 0.25) is 0 Å². The number of nitriles is 1. The maximum atomic E-state index is 14.6. The molecule has 0 unspecified atom stereocenters. The summed E-state index contributed by atoms with van der Waals surface area (Å²) in [6, 6.07) is 14.0. The Morgan fingerprint density at radius 2 is 1.41 bits per heavy atom. The molecule has 0 fully saturated rings. The lowest BCUT2D eigenvalue weighted by Gasteiger charge is -2.09. The molecule has 2 nitrogen and oxygen atoms in total. The number of rotatable bonds is 3. The Morgan fingerprint density at radius 1 is 0.852 bits per heavy atom. The molecule has 0 aromatic heterocycles. The number of hydrogen-bond acceptors (Lipinski definition) is 3. The number of halogens is 3. The molecule has 0 aliphatic carbocycles. The largest absolute Gasteiger partial charge is 0.287 e.